The van der Waals surface area contributed by atoms with Gasteiger partial charge in [0.1, 0.15) is 11.8 Å². The molecule has 0 spiro atoms. The molecular formula is C26H29ClFN5O3. The lowest BCUT2D eigenvalue weighted by molar-refractivity contribution is 0.0404. The molecule has 2 aliphatic heterocycles. The van der Waals surface area contributed by atoms with Gasteiger partial charge in [0.2, 0.25) is 0 Å². The van der Waals surface area contributed by atoms with Crippen molar-refractivity contribution in [3.05, 3.63) is 58.5 Å². The number of hydrogen-bond donors (Lipinski definition) is 2. The van der Waals surface area contributed by atoms with Gasteiger partial charge in [0.15, 0.2) is 5.82 Å². The van der Waals surface area contributed by atoms with Crippen LogP contribution in [-0.2, 0) is 19.4 Å². The summed E-state index contributed by atoms with van der Waals surface area (Å²) in [6, 6.07) is 9.41. The number of methoxy groups -OCH3 is 1. The van der Waals surface area contributed by atoms with Crippen LogP contribution in [0.1, 0.15) is 28.7 Å². The summed E-state index contributed by atoms with van der Waals surface area (Å²) in [5, 5.41) is 23.7. The molecule has 0 saturated carbocycles. The molecule has 3 aromatic rings. The minimum Gasteiger partial charge on any atom is -0.492 e. The van der Waals surface area contributed by atoms with Gasteiger partial charge in [-0.05, 0) is 48.2 Å². The quantitative estimate of drug-likeness (QED) is 0.497. The third-order valence-corrected chi connectivity index (χ3v) is 6.81. The van der Waals surface area contributed by atoms with Crippen LogP contribution in [0.4, 0.5) is 4.39 Å². The molecule has 0 bridgehead atoms. The zero-order valence-corrected chi connectivity index (χ0v) is 20.9. The number of halogens is 2. The number of ether oxygens (including phenoxy) is 2. The molecule has 2 aromatic heterocycles. The summed E-state index contributed by atoms with van der Waals surface area (Å²) in [5.74, 6) is 0.150. The number of nitrogens with one attached hydrogen (secondary N) is 1. The van der Waals surface area contributed by atoms with Gasteiger partial charge < -0.3 is 24.8 Å². The molecule has 1 saturated heterocycles. The normalized spacial score (nSPS) is 19.3. The number of benzene rings is 1. The molecule has 0 amide bonds. The first-order chi connectivity index (χ1) is 17.1. The van der Waals surface area contributed by atoms with E-state index < -0.39 is 11.9 Å². The van der Waals surface area contributed by atoms with Gasteiger partial charge in [0, 0.05) is 44.4 Å². The van der Waals surface area contributed by atoms with Crippen molar-refractivity contribution in [3.8, 4) is 17.7 Å². The number of piperidine rings is 1. The van der Waals surface area contributed by atoms with Crippen molar-refractivity contribution >= 4 is 23.4 Å². The number of aliphatic hydroxyl groups excluding tert-OH is 1. The predicted molar refractivity (Wildman–Crippen MR) is 135 cm³/mol. The third-order valence-electron chi connectivity index (χ3n) is 6.81. The number of rotatable bonds is 7. The second-order valence-electron chi connectivity index (χ2n) is 9.05. The highest BCUT2D eigenvalue weighted by Crippen LogP contribution is 2.30. The van der Waals surface area contributed by atoms with Crippen molar-refractivity contribution in [3.63, 3.8) is 0 Å². The summed E-state index contributed by atoms with van der Waals surface area (Å²) in [4.78, 5) is 10.8. The van der Waals surface area contributed by atoms with Crippen LogP contribution >= 0.6 is 12.4 Å². The van der Waals surface area contributed by atoms with Crippen LogP contribution in [0.5, 0.6) is 11.6 Å². The summed E-state index contributed by atoms with van der Waals surface area (Å²) in [6.45, 7) is 3.38. The van der Waals surface area contributed by atoms with Gasteiger partial charge >= 0.3 is 0 Å². The van der Waals surface area contributed by atoms with Gasteiger partial charge in [-0.25, -0.2) is 9.37 Å². The lowest BCUT2D eigenvalue weighted by Crippen LogP contribution is -2.52. The smallest absolute Gasteiger partial charge is 0.250 e. The molecule has 8 nitrogen and oxygen atoms in total. The Morgan fingerprint density at radius 1 is 1.36 bits per heavy atom. The Balaban J connectivity index is 0.00000304. The number of aliphatic hydroxyl groups is 1. The van der Waals surface area contributed by atoms with E-state index in [-0.39, 0.29) is 24.3 Å². The Bertz CT molecular complexity index is 1280. The molecule has 190 valence electrons. The molecule has 2 atom stereocenters. The number of nitrogens with zero attached hydrogens (tertiary/aromatic N) is 4. The van der Waals surface area contributed by atoms with E-state index in [4.69, 9.17) is 9.47 Å². The van der Waals surface area contributed by atoms with E-state index in [1.165, 1.54) is 13.2 Å². The first kappa shape index (κ1) is 26.0. The lowest BCUT2D eigenvalue weighted by atomic mass is 9.99. The minimum atomic E-state index is -0.528. The van der Waals surface area contributed by atoms with Gasteiger partial charge in [-0.3, -0.25) is 4.98 Å². The average Bonchev–Trinajstić information content (AvgIpc) is 3.34. The van der Waals surface area contributed by atoms with Crippen molar-refractivity contribution in [2.75, 3.05) is 33.4 Å². The van der Waals surface area contributed by atoms with E-state index in [2.05, 4.69) is 32.3 Å². The second kappa shape index (κ2) is 11.4. The molecule has 2 N–H and O–H groups in total. The van der Waals surface area contributed by atoms with E-state index in [9.17, 15) is 14.8 Å². The van der Waals surface area contributed by atoms with Gasteiger partial charge in [0.05, 0.1) is 36.4 Å². The first-order valence-corrected chi connectivity index (χ1v) is 11.9. The highest BCUT2D eigenvalue weighted by molar-refractivity contribution is 5.85. The number of fused-ring (bicyclic) bond motifs is 2. The van der Waals surface area contributed by atoms with E-state index in [1.807, 2.05) is 12.1 Å². The van der Waals surface area contributed by atoms with Crippen LogP contribution in [-0.4, -0.2) is 65.5 Å². The SMILES string of the molecule is COc1nc2c(CCN3CC[C@@H](NCc4cc(C#N)c5c(c4)CCO5)[C@@H](O)C3)ccnc2cc1F.Cl. The highest BCUT2D eigenvalue weighted by Gasteiger charge is 2.27. The Hall–Kier alpha value is -3.03. The zero-order chi connectivity index (χ0) is 24.4. The summed E-state index contributed by atoms with van der Waals surface area (Å²) in [7, 11) is 1.40. The van der Waals surface area contributed by atoms with Crippen LogP contribution in [0.3, 0.4) is 0 Å². The maximum absolute atomic E-state index is 14.0. The maximum atomic E-state index is 14.0. The summed E-state index contributed by atoms with van der Waals surface area (Å²) in [6.07, 6.45) is 3.51. The number of pyridine rings is 2. The van der Waals surface area contributed by atoms with Gasteiger partial charge in [-0.2, -0.15) is 5.26 Å². The van der Waals surface area contributed by atoms with Crippen LogP contribution in [0.2, 0.25) is 0 Å². The van der Waals surface area contributed by atoms with E-state index in [0.29, 0.717) is 48.5 Å². The number of hydrogen-bond acceptors (Lipinski definition) is 8. The Morgan fingerprint density at radius 3 is 3.00 bits per heavy atom. The largest absolute Gasteiger partial charge is 0.492 e. The molecule has 5 rings (SSSR count). The highest BCUT2D eigenvalue weighted by atomic mass is 35.5. The lowest BCUT2D eigenvalue weighted by Gasteiger charge is -2.36. The molecule has 1 aromatic carbocycles. The molecule has 36 heavy (non-hydrogen) atoms. The fourth-order valence-electron chi connectivity index (χ4n) is 4.95. The van der Waals surface area contributed by atoms with Crippen LogP contribution in [0.25, 0.3) is 11.0 Å². The minimum absolute atomic E-state index is 0. The predicted octanol–water partition coefficient (Wildman–Crippen LogP) is 2.77. The van der Waals surface area contributed by atoms with Crippen LogP contribution in [0.15, 0.2) is 30.5 Å². The van der Waals surface area contributed by atoms with Crippen molar-refractivity contribution in [1.82, 2.24) is 20.2 Å². The molecule has 2 aliphatic rings. The Kier molecular flexibility index (Phi) is 8.21. The van der Waals surface area contributed by atoms with Crippen molar-refractivity contribution < 1.29 is 19.0 Å². The zero-order valence-electron chi connectivity index (χ0n) is 20.0. The fraction of sp³-hybridized carbons (Fsp3) is 0.423. The number of nitriles is 1. The second-order valence-corrected chi connectivity index (χ2v) is 9.05. The van der Waals surface area contributed by atoms with Crippen molar-refractivity contribution in [2.45, 2.75) is 38.0 Å². The fourth-order valence-corrected chi connectivity index (χ4v) is 4.95. The van der Waals surface area contributed by atoms with Gasteiger partial charge in [-0.1, -0.05) is 6.07 Å². The Morgan fingerprint density at radius 2 is 2.22 bits per heavy atom. The molecule has 10 heteroatoms. The molecule has 1 fully saturated rings. The third kappa shape index (κ3) is 5.37. The van der Waals surface area contributed by atoms with Gasteiger partial charge in [-0.15, -0.1) is 12.4 Å². The van der Waals surface area contributed by atoms with Crippen LogP contribution in [0, 0.1) is 17.1 Å². The molecule has 0 unspecified atom stereocenters. The Labute approximate surface area is 215 Å². The molecular weight excluding hydrogens is 485 g/mol. The van der Waals surface area contributed by atoms with Crippen molar-refractivity contribution in [1.29, 1.82) is 5.26 Å². The topological polar surface area (TPSA) is 104 Å². The molecule has 4 heterocycles. The molecule has 0 aliphatic carbocycles. The standard InChI is InChI=1S/C26H28FN5O3.ClH/c1-34-26-20(27)12-22-24(31-26)17(2-6-29-22)3-7-32-8-4-21(23(33)15-32)30-14-16-10-18-5-9-35-25(18)19(11-16)13-28;/h2,6,10-12,21,23,30,33H,3-5,7-9,14-15H2,1H3;1H/t21-,23+;/m1./s1. The maximum Gasteiger partial charge on any atom is 0.250 e. The van der Waals surface area contributed by atoms with E-state index >= 15 is 0 Å². The van der Waals surface area contributed by atoms with Crippen LogP contribution < -0.4 is 14.8 Å². The monoisotopic (exact) mass is 513 g/mol. The number of aromatic nitrogens is 2. The average molecular weight is 514 g/mol. The number of β-amino-alcohol motifs (C(OH)–C–C–N with tert-alkyl or cyclic N) is 1. The van der Waals surface area contributed by atoms with E-state index in [0.717, 1.165) is 42.6 Å². The summed E-state index contributed by atoms with van der Waals surface area (Å²) >= 11 is 0. The van der Waals surface area contributed by atoms with Gasteiger partial charge in [0.25, 0.3) is 5.88 Å². The summed E-state index contributed by atoms with van der Waals surface area (Å²) in [5.41, 5.74) is 4.79. The van der Waals surface area contributed by atoms with Crippen molar-refractivity contribution in [2.24, 2.45) is 0 Å². The summed E-state index contributed by atoms with van der Waals surface area (Å²) < 4.78 is 24.6. The first-order valence-electron chi connectivity index (χ1n) is 11.9. The van der Waals surface area contributed by atoms with E-state index in [1.54, 1.807) is 6.20 Å². The molecule has 0 radical (unpaired) electrons. The number of likely N-dealkylation sites (tertiary alicyclic amines) is 1.